The van der Waals surface area contributed by atoms with Crippen molar-refractivity contribution in [2.24, 2.45) is 0 Å². The van der Waals surface area contributed by atoms with E-state index in [-0.39, 0.29) is 6.10 Å². The average Bonchev–Trinajstić information content (AvgIpc) is 2.57. The highest BCUT2D eigenvalue weighted by atomic mass is 16.7. The fourth-order valence-electron chi connectivity index (χ4n) is 1.48. The summed E-state index contributed by atoms with van der Waals surface area (Å²) in [6, 6.07) is 0. The third-order valence-electron chi connectivity index (χ3n) is 2.64. The van der Waals surface area contributed by atoms with E-state index in [2.05, 4.69) is 0 Å². The Labute approximate surface area is 89.9 Å². The molecule has 1 aliphatic heterocycles. The number of rotatable bonds is 4. The molecule has 1 saturated heterocycles. The predicted molar refractivity (Wildman–Crippen MR) is 55.5 cm³/mol. The van der Waals surface area contributed by atoms with Crippen LogP contribution in [0.2, 0.25) is 0 Å². The van der Waals surface area contributed by atoms with E-state index in [0.717, 1.165) is 6.42 Å². The maximum atomic E-state index is 10.8. The summed E-state index contributed by atoms with van der Waals surface area (Å²) in [7, 11) is 0. The summed E-state index contributed by atoms with van der Waals surface area (Å²) in [6.45, 7) is 6.09. The molecule has 4 nitrogen and oxygen atoms in total. The van der Waals surface area contributed by atoms with Crippen LogP contribution in [0.25, 0.3) is 0 Å². The molecule has 2 unspecified atom stereocenters. The lowest BCUT2D eigenvalue weighted by Gasteiger charge is -2.20. The lowest BCUT2D eigenvalue weighted by molar-refractivity contribution is -0.150. The molecule has 1 aliphatic rings. The largest absolute Gasteiger partial charge is 0.478 e. The first-order chi connectivity index (χ1) is 7.00. The second kappa shape index (κ2) is 4.77. The molecule has 0 aromatic rings. The van der Waals surface area contributed by atoms with Crippen LogP contribution in [0.1, 0.15) is 33.6 Å². The van der Waals surface area contributed by atoms with Crippen molar-refractivity contribution in [1.82, 2.24) is 0 Å². The quantitative estimate of drug-likeness (QED) is 0.727. The highest BCUT2D eigenvalue weighted by molar-refractivity contribution is 5.86. The lowest BCUT2D eigenvalue weighted by atomic mass is 10.1. The Morgan fingerprint density at radius 3 is 2.67 bits per heavy atom. The fraction of sp³-hybridized carbons (Fsp3) is 0.727. The maximum absolute atomic E-state index is 10.8. The molecule has 0 aliphatic carbocycles. The van der Waals surface area contributed by atoms with Crippen molar-refractivity contribution in [2.45, 2.75) is 45.5 Å². The van der Waals surface area contributed by atoms with Gasteiger partial charge >= 0.3 is 5.97 Å². The predicted octanol–water partition coefficient (Wildman–Crippen LogP) is 1.95. The van der Waals surface area contributed by atoms with Crippen LogP contribution in [-0.2, 0) is 14.3 Å². The van der Waals surface area contributed by atoms with Gasteiger partial charge in [0.1, 0.15) is 6.10 Å². The second-order valence-electron chi connectivity index (χ2n) is 3.81. The van der Waals surface area contributed by atoms with Gasteiger partial charge in [-0.1, -0.05) is 13.8 Å². The molecule has 4 heteroatoms. The van der Waals surface area contributed by atoms with E-state index in [0.29, 0.717) is 18.6 Å². The molecule has 0 saturated carbocycles. The first-order valence-electron chi connectivity index (χ1n) is 5.26. The molecule has 1 heterocycles. The van der Waals surface area contributed by atoms with Gasteiger partial charge in [0, 0.05) is 5.57 Å². The Balaban J connectivity index is 2.65. The van der Waals surface area contributed by atoms with Gasteiger partial charge in [-0.05, 0) is 25.8 Å². The molecule has 0 spiro atoms. The van der Waals surface area contributed by atoms with E-state index in [4.69, 9.17) is 14.6 Å². The molecule has 1 fully saturated rings. The van der Waals surface area contributed by atoms with Crippen molar-refractivity contribution < 1.29 is 19.4 Å². The van der Waals surface area contributed by atoms with Crippen LogP contribution in [0.5, 0.6) is 0 Å². The van der Waals surface area contributed by atoms with Crippen LogP contribution < -0.4 is 0 Å². The molecule has 2 atom stereocenters. The number of carbonyl (C=O) groups is 1. The molecule has 1 N–H and O–H groups in total. The third kappa shape index (κ3) is 3.04. The van der Waals surface area contributed by atoms with Crippen LogP contribution in [-0.4, -0.2) is 29.6 Å². The maximum Gasteiger partial charge on any atom is 0.331 e. The summed E-state index contributed by atoms with van der Waals surface area (Å²) in [5.41, 5.74) is 0.379. The molecule has 0 aromatic carbocycles. The Kier molecular flexibility index (Phi) is 3.88. The average molecular weight is 214 g/mol. The van der Waals surface area contributed by atoms with Gasteiger partial charge in [0.2, 0.25) is 0 Å². The lowest BCUT2D eigenvalue weighted by Crippen LogP contribution is -2.25. The first kappa shape index (κ1) is 12.2. The van der Waals surface area contributed by atoms with E-state index in [9.17, 15) is 4.79 Å². The fourth-order valence-corrected chi connectivity index (χ4v) is 1.48. The number of carboxylic acid groups (broad SMARTS) is 1. The van der Waals surface area contributed by atoms with Crippen molar-refractivity contribution in [3.63, 3.8) is 0 Å². The minimum absolute atomic E-state index is 0.235. The molecule has 1 rings (SSSR count). The Morgan fingerprint density at radius 1 is 1.60 bits per heavy atom. The highest BCUT2D eigenvalue weighted by Gasteiger charge is 2.34. The molecule has 15 heavy (non-hydrogen) atoms. The van der Waals surface area contributed by atoms with Gasteiger partial charge in [0.25, 0.3) is 0 Å². The second-order valence-corrected chi connectivity index (χ2v) is 3.81. The zero-order valence-electron chi connectivity index (χ0n) is 9.45. The van der Waals surface area contributed by atoms with E-state index in [1.54, 1.807) is 6.08 Å². The molecule has 0 radical (unpaired) electrons. The van der Waals surface area contributed by atoms with E-state index >= 15 is 0 Å². The van der Waals surface area contributed by atoms with Crippen molar-refractivity contribution in [1.29, 1.82) is 0 Å². The van der Waals surface area contributed by atoms with Crippen molar-refractivity contribution >= 4 is 5.97 Å². The Morgan fingerprint density at radius 2 is 2.27 bits per heavy atom. The van der Waals surface area contributed by atoms with Crippen molar-refractivity contribution in [2.75, 3.05) is 6.61 Å². The highest BCUT2D eigenvalue weighted by Crippen LogP contribution is 2.27. The minimum Gasteiger partial charge on any atom is -0.478 e. The van der Waals surface area contributed by atoms with Gasteiger partial charge in [-0.15, -0.1) is 0 Å². The van der Waals surface area contributed by atoms with Crippen LogP contribution in [0.15, 0.2) is 11.6 Å². The number of hydrogen-bond acceptors (Lipinski definition) is 3. The summed E-state index contributed by atoms with van der Waals surface area (Å²) in [4.78, 5) is 10.8. The third-order valence-corrected chi connectivity index (χ3v) is 2.64. The standard InChI is InChI=1S/C11H18O4/c1-4-8(10(12)13)6-9-7-14-11(3,5-2)15-9/h6,9H,4-5,7H2,1-3H3,(H,12,13). The summed E-state index contributed by atoms with van der Waals surface area (Å²) < 4.78 is 11.1. The van der Waals surface area contributed by atoms with Crippen molar-refractivity contribution in [3.8, 4) is 0 Å². The van der Waals surface area contributed by atoms with Crippen LogP contribution in [0.4, 0.5) is 0 Å². The summed E-state index contributed by atoms with van der Waals surface area (Å²) in [6.07, 6.45) is 2.66. The minimum atomic E-state index is -0.883. The molecule has 0 aromatic heterocycles. The number of hydrogen-bond donors (Lipinski definition) is 1. The Hall–Kier alpha value is -0.870. The van der Waals surface area contributed by atoms with Gasteiger partial charge in [-0.3, -0.25) is 0 Å². The number of ether oxygens (including phenoxy) is 2. The summed E-state index contributed by atoms with van der Waals surface area (Å²) >= 11 is 0. The van der Waals surface area contributed by atoms with E-state index in [1.165, 1.54) is 0 Å². The molecule has 86 valence electrons. The van der Waals surface area contributed by atoms with Gasteiger partial charge in [0.05, 0.1) is 6.61 Å². The van der Waals surface area contributed by atoms with Gasteiger partial charge < -0.3 is 14.6 Å². The zero-order chi connectivity index (χ0) is 11.5. The van der Waals surface area contributed by atoms with Gasteiger partial charge in [-0.25, -0.2) is 4.79 Å². The van der Waals surface area contributed by atoms with Crippen LogP contribution in [0.3, 0.4) is 0 Å². The van der Waals surface area contributed by atoms with Crippen LogP contribution in [0, 0.1) is 0 Å². The van der Waals surface area contributed by atoms with Gasteiger partial charge in [0.15, 0.2) is 5.79 Å². The molecular weight excluding hydrogens is 196 g/mol. The normalized spacial score (nSPS) is 31.9. The SMILES string of the molecule is CCC(=CC1COC(C)(CC)O1)C(=O)O. The monoisotopic (exact) mass is 214 g/mol. The summed E-state index contributed by atoms with van der Waals surface area (Å²) in [5.74, 6) is -1.44. The Bertz CT molecular complexity index is 272. The van der Waals surface area contributed by atoms with E-state index < -0.39 is 11.8 Å². The molecule has 0 amide bonds. The van der Waals surface area contributed by atoms with Gasteiger partial charge in [-0.2, -0.15) is 0 Å². The number of carboxylic acids is 1. The zero-order valence-corrected chi connectivity index (χ0v) is 9.45. The number of aliphatic carboxylic acids is 1. The van der Waals surface area contributed by atoms with E-state index in [1.807, 2.05) is 20.8 Å². The summed E-state index contributed by atoms with van der Waals surface area (Å²) in [5, 5.41) is 8.86. The molecular formula is C11H18O4. The van der Waals surface area contributed by atoms with Crippen LogP contribution >= 0.6 is 0 Å². The molecule has 0 bridgehead atoms. The first-order valence-corrected chi connectivity index (χ1v) is 5.26. The smallest absolute Gasteiger partial charge is 0.331 e. The van der Waals surface area contributed by atoms with Crippen molar-refractivity contribution in [3.05, 3.63) is 11.6 Å². The topological polar surface area (TPSA) is 55.8 Å².